The van der Waals surface area contributed by atoms with Crippen molar-refractivity contribution in [2.45, 2.75) is 19.1 Å². The molecule has 1 saturated heterocycles. The zero-order chi connectivity index (χ0) is 14.8. The maximum atomic E-state index is 12.2. The van der Waals surface area contributed by atoms with Crippen molar-refractivity contribution in [1.29, 1.82) is 0 Å². The van der Waals surface area contributed by atoms with Gasteiger partial charge in [0.1, 0.15) is 6.61 Å². The normalized spacial score (nSPS) is 26.7. The lowest BCUT2D eigenvalue weighted by Crippen LogP contribution is -2.54. The van der Waals surface area contributed by atoms with Crippen LogP contribution in [0, 0.1) is 11.8 Å². The number of hydrogen-bond acceptors (Lipinski definition) is 3. The summed E-state index contributed by atoms with van der Waals surface area (Å²) in [7, 11) is 0. The fraction of sp³-hybridized carbons (Fsp3) is 0.375. The summed E-state index contributed by atoms with van der Waals surface area (Å²) in [4.78, 5) is 25.0. The lowest BCUT2D eigenvalue weighted by atomic mass is 9.78. The molecule has 0 radical (unpaired) electrons. The van der Waals surface area contributed by atoms with E-state index in [0.717, 1.165) is 5.56 Å². The van der Waals surface area contributed by atoms with Crippen molar-refractivity contribution in [3.63, 3.8) is 0 Å². The quantitative estimate of drug-likeness (QED) is 0.866. The zero-order valence-electron chi connectivity index (χ0n) is 11.5. The van der Waals surface area contributed by atoms with Crippen LogP contribution in [0.2, 0.25) is 0 Å². The summed E-state index contributed by atoms with van der Waals surface area (Å²) in [6, 6.07) is 9.04. The molecule has 1 aromatic rings. The van der Waals surface area contributed by atoms with Gasteiger partial charge in [-0.15, -0.1) is 0 Å². The molecule has 5 nitrogen and oxygen atoms in total. The molecule has 1 N–H and O–H groups in total. The lowest BCUT2D eigenvalue weighted by Gasteiger charge is -2.43. The van der Waals surface area contributed by atoms with Crippen molar-refractivity contribution in [3.8, 4) is 0 Å². The van der Waals surface area contributed by atoms with E-state index in [2.05, 4.69) is 0 Å². The number of benzene rings is 1. The Balaban J connectivity index is 1.65. The van der Waals surface area contributed by atoms with Gasteiger partial charge in [0.15, 0.2) is 0 Å². The fourth-order valence-corrected chi connectivity index (χ4v) is 3.03. The SMILES string of the molecule is O=C(O)[C@H]1C[C@H]2C=C[C@@H]1N(C(=O)OCc1ccccc1)C2. The molecule has 1 amide bonds. The second kappa shape index (κ2) is 5.60. The summed E-state index contributed by atoms with van der Waals surface area (Å²) in [6.45, 7) is 0.744. The first kappa shape index (κ1) is 13.7. The predicted octanol–water partition coefficient (Wildman–Crippen LogP) is 2.28. The molecule has 5 heteroatoms. The molecular formula is C16H17NO4. The third-order valence-corrected chi connectivity index (χ3v) is 4.10. The van der Waals surface area contributed by atoms with Crippen molar-refractivity contribution >= 4 is 12.1 Å². The number of nitrogens with zero attached hydrogens (tertiary/aromatic N) is 1. The summed E-state index contributed by atoms with van der Waals surface area (Å²) < 4.78 is 5.31. The first-order chi connectivity index (χ1) is 10.1. The highest BCUT2D eigenvalue weighted by Crippen LogP contribution is 2.34. The molecule has 1 aliphatic carbocycles. The summed E-state index contributed by atoms with van der Waals surface area (Å²) in [5.74, 6) is -1.27. The van der Waals surface area contributed by atoms with Gasteiger partial charge in [-0.3, -0.25) is 4.79 Å². The number of amides is 1. The van der Waals surface area contributed by atoms with Crippen molar-refractivity contribution in [2.24, 2.45) is 11.8 Å². The Morgan fingerprint density at radius 3 is 2.67 bits per heavy atom. The third-order valence-electron chi connectivity index (χ3n) is 4.10. The van der Waals surface area contributed by atoms with Gasteiger partial charge in [0.05, 0.1) is 12.0 Å². The Labute approximate surface area is 122 Å². The van der Waals surface area contributed by atoms with Crippen molar-refractivity contribution < 1.29 is 19.4 Å². The van der Waals surface area contributed by atoms with Crippen molar-refractivity contribution in [3.05, 3.63) is 48.0 Å². The molecule has 110 valence electrons. The molecule has 0 saturated carbocycles. The van der Waals surface area contributed by atoms with Crippen LogP contribution >= 0.6 is 0 Å². The number of piperidine rings is 1. The van der Waals surface area contributed by atoms with E-state index in [1.165, 1.54) is 4.90 Å². The molecule has 1 aromatic carbocycles. The van der Waals surface area contributed by atoms with Crippen LogP contribution in [0.25, 0.3) is 0 Å². The molecule has 2 heterocycles. The second-order valence-electron chi connectivity index (χ2n) is 5.51. The maximum Gasteiger partial charge on any atom is 0.410 e. The summed E-state index contributed by atoms with van der Waals surface area (Å²) in [6.07, 6.45) is 3.98. The molecule has 3 aliphatic rings. The van der Waals surface area contributed by atoms with Gasteiger partial charge in [0.2, 0.25) is 0 Å². The number of ether oxygens (including phenoxy) is 1. The Morgan fingerprint density at radius 2 is 2.00 bits per heavy atom. The van der Waals surface area contributed by atoms with Gasteiger partial charge in [0, 0.05) is 6.54 Å². The van der Waals surface area contributed by atoms with Gasteiger partial charge in [-0.1, -0.05) is 42.5 Å². The molecule has 0 unspecified atom stereocenters. The second-order valence-corrected chi connectivity index (χ2v) is 5.51. The van der Waals surface area contributed by atoms with E-state index in [0.29, 0.717) is 13.0 Å². The minimum atomic E-state index is -0.852. The molecule has 3 atom stereocenters. The van der Waals surface area contributed by atoms with E-state index in [-0.39, 0.29) is 12.5 Å². The van der Waals surface area contributed by atoms with Crippen LogP contribution in [0.15, 0.2) is 42.5 Å². The molecule has 1 fully saturated rings. The zero-order valence-corrected chi connectivity index (χ0v) is 11.5. The minimum Gasteiger partial charge on any atom is -0.481 e. The third kappa shape index (κ3) is 2.77. The van der Waals surface area contributed by atoms with Crippen LogP contribution in [-0.4, -0.2) is 34.7 Å². The van der Waals surface area contributed by atoms with Gasteiger partial charge in [0.25, 0.3) is 0 Å². The Kier molecular flexibility index (Phi) is 3.64. The molecule has 2 aliphatic heterocycles. The largest absolute Gasteiger partial charge is 0.481 e. The highest BCUT2D eigenvalue weighted by atomic mass is 16.6. The van der Waals surface area contributed by atoms with Crippen LogP contribution in [0.3, 0.4) is 0 Å². The topological polar surface area (TPSA) is 66.8 Å². The Bertz CT molecular complexity index is 569. The van der Waals surface area contributed by atoms with E-state index in [9.17, 15) is 14.7 Å². The number of carbonyl (C=O) groups excluding carboxylic acids is 1. The Hall–Kier alpha value is -2.30. The van der Waals surface area contributed by atoms with E-state index in [1.807, 2.05) is 42.5 Å². The molecule has 4 rings (SSSR count). The van der Waals surface area contributed by atoms with Crippen LogP contribution in [0.1, 0.15) is 12.0 Å². The van der Waals surface area contributed by atoms with Gasteiger partial charge >= 0.3 is 12.1 Å². The number of rotatable bonds is 3. The van der Waals surface area contributed by atoms with Crippen LogP contribution in [0.4, 0.5) is 4.79 Å². The number of hydrogen-bond donors (Lipinski definition) is 1. The average molecular weight is 287 g/mol. The van der Waals surface area contributed by atoms with Crippen LogP contribution in [-0.2, 0) is 16.1 Å². The fourth-order valence-electron chi connectivity index (χ4n) is 3.03. The first-order valence-corrected chi connectivity index (χ1v) is 7.03. The Morgan fingerprint density at radius 1 is 1.24 bits per heavy atom. The number of fused-ring (bicyclic) bond motifs is 2. The molecule has 0 spiro atoms. The molecule has 21 heavy (non-hydrogen) atoms. The lowest BCUT2D eigenvalue weighted by molar-refractivity contribution is -0.145. The monoisotopic (exact) mass is 287 g/mol. The number of carboxylic acid groups (broad SMARTS) is 1. The van der Waals surface area contributed by atoms with Crippen LogP contribution in [0.5, 0.6) is 0 Å². The van der Waals surface area contributed by atoms with E-state index in [4.69, 9.17) is 4.74 Å². The number of carbonyl (C=O) groups is 2. The highest BCUT2D eigenvalue weighted by Gasteiger charge is 2.43. The maximum absolute atomic E-state index is 12.2. The first-order valence-electron chi connectivity index (χ1n) is 7.03. The molecule has 2 bridgehead atoms. The van der Waals surface area contributed by atoms with E-state index in [1.54, 1.807) is 0 Å². The van der Waals surface area contributed by atoms with Crippen molar-refractivity contribution in [1.82, 2.24) is 4.90 Å². The standard InChI is InChI=1S/C16H17NO4/c18-15(19)13-8-12-6-7-14(13)17(9-12)16(20)21-10-11-4-2-1-3-5-11/h1-7,12-14H,8-10H2,(H,18,19)/t12-,13+,14+/m1/s1. The van der Waals surface area contributed by atoms with Gasteiger partial charge < -0.3 is 14.7 Å². The summed E-state index contributed by atoms with van der Waals surface area (Å²) in [5.41, 5.74) is 0.915. The van der Waals surface area contributed by atoms with Crippen LogP contribution < -0.4 is 0 Å². The smallest absolute Gasteiger partial charge is 0.410 e. The molecular weight excluding hydrogens is 270 g/mol. The average Bonchev–Trinajstić information content (AvgIpc) is 2.53. The number of carboxylic acids is 1. The van der Waals surface area contributed by atoms with Crippen molar-refractivity contribution in [2.75, 3.05) is 6.54 Å². The molecule has 0 aromatic heterocycles. The van der Waals surface area contributed by atoms with E-state index < -0.39 is 24.0 Å². The minimum absolute atomic E-state index is 0.111. The highest BCUT2D eigenvalue weighted by molar-refractivity contribution is 5.75. The van der Waals surface area contributed by atoms with Gasteiger partial charge in [-0.25, -0.2) is 4.79 Å². The van der Waals surface area contributed by atoms with Gasteiger partial charge in [-0.2, -0.15) is 0 Å². The van der Waals surface area contributed by atoms with E-state index >= 15 is 0 Å². The number of aliphatic carboxylic acids is 1. The predicted molar refractivity (Wildman–Crippen MR) is 75.5 cm³/mol. The summed E-state index contributed by atoms with van der Waals surface area (Å²) in [5, 5.41) is 9.26. The van der Waals surface area contributed by atoms with Gasteiger partial charge in [-0.05, 0) is 17.9 Å². The summed E-state index contributed by atoms with van der Waals surface area (Å²) >= 11 is 0.